The fourth-order valence-electron chi connectivity index (χ4n) is 0.787. The first-order valence-electron chi connectivity index (χ1n) is 4.03. The van der Waals surface area contributed by atoms with Crippen LogP contribution in [0.15, 0.2) is 0 Å². The lowest BCUT2D eigenvalue weighted by atomic mass is 10.2. The lowest BCUT2D eigenvalue weighted by molar-refractivity contribution is 0.591. The molecule has 0 rings (SSSR count). The van der Waals surface area contributed by atoms with Crippen molar-refractivity contribution in [2.75, 3.05) is 18.1 Å². The van der Waals surface area contributed by atoms with Gasteiger partial charge in [-0.25, -0.2) is 8.42 Å². The van der Waals surface area contributed by atoms with Crippen molar-refractivity contribution in [2.45, 2.75) is 26.2 Å². The van der Waals surface area contributed by atoms with Gasteiger partial charge in [0, 0.05) is 5.75 Å². The van der Waals surface area contributed by atoms with Gasteiger partial charge in [0.2, 0.25) is 0 Å². The Labute approximate surface area is 68.9 Å². The summed E-state index contributed by atoms with van der Waals surface area (Å²) in [4.78, 5) is 0. The Morgan fingerprint density at radius 2 is 1.82 bits per heavy atom. The van der Waals surface area contributed by atoms with Gasteiger partial charge >= 0.3 is 0 Å². The third-order valence-corrected chi connectivity index (χ3v) is 3.39. The second-order valence-corrected chi connectivity index (χ2v) is 5.06. The van der Waals surface area contributed by atoms with Gasteiger partial charge in [0.1, 0.15) is 9.84 Å². The number of hydrogen-bond acceptors (Lipinski definition) is 3. The molecule has 0 heterocycles. The molecule has 0 aliphatic carbocycles. The van der Waals surface area contributed by atoms with E-state index in [0.29, 0.717) is 12.3 Å². The maximum atomic E-state index is 10.9. The minimum absolute atomic E-state index is 0.260. The monoisotopic (exact) mass is 179 g/mol. The Hall–Kier alpha value is -0.0900. The van der Waals surface area contributed by atoms with Crippen LogP contribution in [0.4, 0.5) is 0 Å². The second kappa shape index (κ2) is 5.55. The van der Waals surface area contributed by atoms with Crippen LogP contribution >= 0.6 is 0 Å². The van der Waals surface area contributed by atoms with Gasteiger partial charge in [-0.3, -0.25) is 0 Å². The molecule has 0 aromatic heterocycles. The fraction of sp³-hybridized carbons (Fsp3) is 1.00. The highest BCUT2D eigenvalue weighted by molar-refractivity contribution is 7.91. The molecule has 0 amide bonds. The van der Waals surface area contributed by atoms with Crippen LogP contribution in [-0.2, 0) is 9.84 Å². The van der Waals surface area contributed by atoms with Crippen molar-refractivity contribution in [1.29, 1.82) is 0 Å². The molecule has 0 aromatic carbocycles. The molecule has 0 aromatic rings. The van der Waals surface area contributed by atoms with E-state index < -0.39 is 9.84 Å². The van der Waals surface area contributed by atoms with Crippen molar-refractivity contribution in [3.8, 4) is 0 Å². The molecule has 0 unspecified atom stereocenters. The van der Waals surface area contributed by atoms with Crippen molar-refractivity contribution >= 4 is 9.84 Å². The van der Waals surface area contributed by atoms with Crippen molar-refractivity contribution in [1.82, 2.24) is 0 Å². The molecule has 3 nitrogen and oxygen atoms in total. The zero-order valence-corrected chi connectivity index (χ0v) is 7.86. The van der Waals surface area contributed by atoms with E-state index in [2.05, 4.69) is 0 Å². The van der Waals surface area contributed by atoms with Crippen LogP contribution in [-0.4, -0.2) is 26.5 Å². The van der Waals surface area contributed by atoms with Gasteiger partial charge in [-0.1, -0.05) is 13.3 Å². The van der Waals surface area contributed by atoms with Gasteiger partial charge in [-0.15, -0.1) is 0 Å². The largest absolute Gasteiger partial charge is 0.330 e. The molecule has 0 spiro atoms. The van der Waals surface area contributed by atoms with E-state index >= 15 is 0 Å². The lowest BCUT2D eigenvalue weighted by Crippen LogP contribution is -2.09. The van der Waals surface area contributed by atoms with E-state index in [9.17, 15) is 8.42 Å². The number of nitrogens with two attached hydrogens (primary N) is 1. The molecule has 0 atom stereocenters. The maximum absolute atomic E-state index is 10.9. The van der Waals surface area contributed by atoms with Crippen LogP contribution in [0.3, 0.4) is 0 Å². The van der Waals surface area contributed by atoms with E-state index in [1.807, 2.05) is 0 Å². The van der Waals surface area contributed by atoms with Crippen molar-refractivity contribution in [3.05, 3.63) is 0 Å². The highest BCUT2D eigenvalue weighted by atomic mass is 32.2. The van der Waals surface area contributed by atoms with Crippen LogP contribution in [0.1, 0.15) is 26.2 Å². The molecule has 4 heteroatoms. The summed E-state index contributed by atoms with van der Waals surface area (Å²) in [5, 5.41) is 0. The molecule has 0 bridgehead atoms. The number of unbranched alkanes of at least 4 members (excludes halogenated alkanes) is 2. The number of sulfone groups is 1. The first-order chi connectivity index (χ1) is 5.12. The molecule has 0 aliphatic rings. The zero-order chi connectivity index (χ0) is 8.74. The molecule has 68 valence electrons. The first kappa shape index (κ1) is 10.9. The molecule has 2 N–H and O–H groups in total. The van der Waals surface area contributed by atoms with Crippen LogP contribution < -0.4 is 5.73 Å². The Balaban J connectivity index is 3.39. The SMILES string of the molecule is CCS(=O)(=O)CCCCCN. The van der Waals surface area contributed by atoms with Gasteiger partial charge < -0.3 is 5.73 Å². The van der Waals surface area contributed by atoms with Gasteiger partial charge in [0.05, 0.1) is 5.75 Å². The van der Waals surface area contributed by atoms with Crippen LogP contribution in [0, 0.1) is 0 Å². The average molecular weight is 179 g/mol. The smallest absolute Gasteiger partial charge is 0.150 e. The predicted octanol–water partition coefficient (Wildman–Crippen LogP) is 0.550. The molecular weight excluding hydrogens is 162 g/mol. The van der Waals surface area contributed by atoms with Gasteiger partial charge in [0.25, 0.3) is 0 Å². The fourth-order valence-corrected chi connectivity index (χ4v) is 1.72. The van der Waals surface area contributed by atoms with Crippen molar-refractivity contribution in [2.24, 2.45) is 5.73 Å². The Morgan fingerprint density at radius 1 is 1.18 bits per heavy atom. The average Bonchev–Trinajstić information content (AvgIpc) is 1.99. The third-order valence-electron chi connectivity index (χ3n) is 1.60. The van der Waals surface area contributed by atoms with Crippen molar-refractivity contribution in [3.63, 3.8) is 0 Å². The highest BCUT2D eigenvalue weighted by Gasteiger charge is 2.05. The summed E-state index contributed by atoms with van der Waals surface area (Å²) in [7, 11) is -2.74. The number of hydrogen-bond donors (Lipinski definition) is 1. The molecule has 0 saturated carbocycles. The van der Waals surface area contributed by atoms with E-state index in [0.717, 1.165) is 19.3 Å². The van der Waals surface area contributed by atoms with Crippen LogP contribution in [0.25, 0.3) is 0 Å². The lowest BCUT2D eigenvalue weighted by Gasteiger charge is -1.99. The molecule has 0 fully saturated rings. The van der Waals surface area contributed by atoms with E-state index in [1.54, 1.807) is 6.92 Å². The van der Waals surface area contributed by atoms with Gasteiger partial charge in [0.15, 0.2) is 0 Å². The summed E-state index contributed by atoms with van der Waals surface area (Å²) in [6.45, 7) is 2.34. The molecule has 11 heavy (non-hydrogen) atoms. The molecular formula is C7H17NO2S. The summed E-state index contributed by atoms with van der Waals surface area (Å²) in [6, 6.07) is 0. The normalized spacial score (nSPS) is 11.8. The quantitative estimate of drug-likeness (QED) is 0.606. The predicted molar refractivity (Wildman–Crippen MR) is 47.2 cm³/mol. The number of rotatable bonds is 6. The Morgan fingerprint density at radius 3 is 2.27 bits per heavy atom. The molecule has 0 aliphatic heterocycles. The zero-order valence-electron chi connectivity index (χ0n) is 7.04. The summed E-state index contributed by atoms with van der Waals surface area (Å²) in [5.74, 6) is 0.582. The molecule has 0 saturated heterocycles. The second-order valence-electron chi connectivity index (χ2n) is 2.59. The van der Waals surface area contributed by atoms with Crippen LogP contribution in [0.2, 0.25) is 0 Å². The van der Waals surface area contributed by atoms with E-state index in [-0.39, 0.29) is 5.75 Å². The topological polar surface area (TPSA) is 60.2 Å². The Kier molecular flexibility index (Phi) is 5.50. The van der Waals surface area contributed by atoms with E-state index in [4.69, 9.17) is 5.73 Å². The van der Waals surface area contributed by atoms with Gasteiger partial charge in [-0.05, 0) is 19.4 Å². The van der Waals surface area contributed by atoms with Crippen LogP contribution in [0.5, 0.6) is 0 Å². The molecule has 0 radical (unpaired) electrons. The summed E-state index contributed by atoms with van der Waals surface area (Å²) < 4.78 is 21.9. The maximum Gasteiger partial charge on any atom is 0.150 e. The summed E-state index contributed by atoms with van der Waals surface area (Å²) in [6.07, 6.45) is 2.61. The minimum Gasteiger partial charge on any atom is -0.330 e. The first-order valence-corrected chi connectivity index (χ1v) is 5.85. The standard InChI is InChI=1S/C7H17NO2S/c1-2-11(9,10)7-5-3-4-6-8/h2-8H2,1H3. The summed E-state index contributed by atoms with van der Waals surface area (Å²) >= 11 is 0. The highest BCUT2D eigenvalue weighted by Crippen LogP contribution is 1.99. The van der Waals surface area contributed by atoms with E-state index in [1.165, 1.54) is 0 Å². The minimum atomic E-state index is -2.74. The third kappa shape index (κ3) is 6.31. The van der Waals surface area contributed by atoms with Gasteiger partial charge in [-0.2, -0.15) is 0 Å². The van der Waals surface area contributed by atoms with Crippen molar-refractivity contribution < 1.29 is 8.42 Å². The Bertz CT molecular complexity index is 175. The summed E-state index contributed by atoms with van der Waals surface area (Å²) in [5.41, 5.74) is 5.26.